The highest BCUT2D eigenvalue weighted by molar-refractivity contribution is 7.92. The molecule has 26 heavy (non-hydrogen) atoms. The summed E-state index contributed by atoms with van der Waals surface area (Å²) in [5.74, 6) is 0.245. The predicted octanol–water partition coefficient (Wildman–Crippen LogP) is 2.51. The Morgan fingerprint density at radius 3 is 2.73 bits per heavy atom. The fourth-order valence-corrected chi connectivity index (χ4v) is 3.73. The van der Waals surface area contributed by atoms with Crippen molar-refractivity contribution in [3.63, 3.8) is 0 Å². The van der Waals surface area contributed by atoms with E-state index >= 15 is 0 Å². The molecule has 0 spiro atoms. The summed E-state index contributed by atoms with van der Waals surface area (Å²) in [6, 6.07) is 11.5. The van der Waals surface area contributed by atoms with Crippen LogP contribution >= 0.6 is 11.6 Å². The summed E-state index contributed by atoms with van der Waals surface area (Å²) < 4.78 is 36.3. The number of nitrogens with zero attached hydrogens (tertiary/aromatic N) is 1. The number of halogens is 1. The molecule has 1 atom stereocenters. The first kappa shape index (κ1) is 18.3. The standard InChI is InChI=1S/C17H17ClN2O5S/c1-24-14-8-7-11(18)9-12(14)19-17(21)16-10-20(26(2,22)23)13-5-3-4-6-15(13)25-16/h3-9,16H,10H2,1-2H3,(H,19,21). The quantitative estimate of drug-likeness (QED) is 0.858. The highest BCUT2D eigenvalue weighted by Gasteiger charge is 2.35. The molecule has 0 aromatic heterocycles. The van der Waals surface area contributed by atoms with Crippen LogP contribution in [0.15, 0.2) is 42.5 Å². The molecule has 1 N–H and O–H groups in total. The van der Waals surface area contributed by atoms with Crippen LogP contribution in [0.5, 0.6) is 11.5 Å². The van der Waals surface area contributed by atoms with E-state index in [9.17, 15) is 13.2 Å². The number of carbonyl (C=O) groups is 1. The Kier molecular flexibility index (Phi) is 4.97. The number of hydrogen-bond donors (Lipinski definition) is 1. The lowest BCUT2D eigenvalue weighted by Crippen LogP contribution is -2.48. The number of sulfonamides is 1. The van der Waals surface area contributed by atoms with Crippen molar-refractivity contribution in [1.29, 1.82) is 0 Å². The second-order valence-corrected chi connectivity index (χ2v) is 8.05. The van der Waals surface area contributed by atoms with Crippen LogP contribution in [0.4, 0.5) is 11.4 Å². The second kappa shape index (κ2) is 7.05. The van der Waals surface area contributed by atoms with Gasteiger partial charge >= 0.3 is 0 Å². The first-order valence-corrected chi connectivity index (χ1v) is 9.90. The minimum atomic E-state index is -3.57. The van der Waals surface area contributed by atoms with E-state index in [1.54, 1.807) is 42.5 Å². The number of anilines is 2. The SMILES string of the molecule is COc1ccc(Cl)cc1NC(=O)C1CN(S(C)(=O)=O)c2ccccc2O1. The largest absolute Gasteiger partial charge is 0.495 e. The van der Waals surface area contributed by atoms with Crippen molar-refractivity contribution in [2.24, 2.45) is 0 Å². The van der Waals surface area contributed by atoms with Crippen molar-refractivity contribution in [2.45, 2.75) is 6.10 Å². The number of methoxy groups -OCH3 is 1. The molecule has 0 saturated heterocycles. The maximum absolute atomic E-state index is 12.7. The van der Waals surface area contributed by atoms with Crippen LogP contribution in [0.1, 0.15) is 0 Å². The summed E-state index contributed by atoms with van der Waals surface area (Å²) >= 11 is 5.97. The highest BCUT2D eigenvalue weighted by Crippen LogP contribution is 2.35. The fourth-order valence-electron chi connectivity index (χ4n) is 2.64. The molecular formula is C17H17ClN2O5S. The third kappa shape index (κ3) is 3.71. The van der Waals surface area contributed by atoms with Crippen molar-refractivity contribution in [3.05, 3.63) is 47.5 Å². The molecule has 138 valence electrons. The second-order valence-electron chi connectivity index (χ2n) is 5.70. The molecule has 0 aliphatic carbocycles. The van der Waals surface area contributed by atoms with Gasteiger partial charge in [-0.3, -0.25) is 9.10 Å². The third-order valence-corrected chi connectivity index (χ3v) is 5.23. The van der Waals surface area contributed by atoms with Crippen molar-refractivity contribution in [3.8, 4) is 11.5 Å². The fraction of sp³-hybridized carbons (Fsp3) is 0.235. The van der Waals surface area contributed by atoms with Crippen LogP contribution in [0.25, 0.3) is 0 Å². The zero-order valence-electron chi connectivity index (χ0n) is 14.1. The Labute approximate surface area is 156 Å². The number of nitrogens with one attached hydrogen (secondary N) is 1. The molecule has 0 fully saturated rings. The number of amides is 1. The zero-order valence-corrected chi connectivity index (χ0v) is 15.7. The molecule has 2 aromatic rings. The summed E-state index contributed by atoms with van der Waals surface area (Å²) in [5.41, 5.74) is 0.776. The molecular weight excluding hydrogens is 380 g/mol. The molecule has 3 rings (SSSR count). The minimum Gasteiger partial charge on any atom is -0.495 e. The average molecular weight is 397 g/mol. The summed E-state index contributed by atoms with van der Waals surface area (Å²) in [4.78, 5) is 12.7. The molecule has 0 saturated carbocycles. The van der Waals surface area contributed by atoms with E-state index in [2.05, 4.69) is 5.32 Å². The van der Waals surface area contributed by atoms with Gasteiger partial charge in [-0.2, -0.15) is 0 Å². The van der Waals surface area contributed by atoms with Gasteiger partial charge in [0.15, 0.2) is 6.10 Å². The van der Waals surface area contributed by atoms with Gasteiger partial charge in [-0.15, -0.1) is 0 Å². The Morgan fingerprint density at radius 2 is 2.04 bits per heavy atom. The van der Waals surface area contributed by atoms with Gasteiger partial charge in [0, 0.05) is 5.02 Å². The number of benzene rings is 2. The van der Waals surface area contributed by atoms with Gasteiger partial charge < -0.3 is 14.8 Å². The van der Waals surface area contributed by atoms with Gasteiger partial charge in [-0.1, -0.05) is 23.7 Å². The molecule has 9 heteroatoms. The molecule has 0 radical (unpaired) electrons. The Balaban J connectivity index is 1.89. The maximum atomic E-state index is 12.7. The zero-order chi connectivity index (χ0) is 18.9. The smallest absolute Gasteiger partial charge is 0.267 e. The molecule has 2 aromatic carbocycles. The van der Waals surface area contributed by atoms with Crippen LogP contribution in [-0.2, 0) is 14.8 Å². The number of hydrogen-bond acceptors (Lipinski definition) is 5. The van der Waals surface area contributed by atoms with Crippen LogP contribution in [0.2, 0.25) is 5.02 Å². The Bertz CT molecular complexity index is 948. The van der Waals surface area contributed by atoms with E-state index in [0.29, 0.717) is 27.9 Å². The van der Waals surface area contributed by atoms with Crippen molar-refractivity contribution < 1.29 is 22.7 Å². The van der Waals surface area contributed by atoms with Gasteiger partial charge in [0.25, 0.3) is 5.91 Å². The van der Waals surface area contributed by atoms with Gasteiger partial charge in [0.05, 0.1) is 31.3 Å². The van der Waals surface area contributed by atoms with Crippen LogP contribution in [-0.4, -0.2) is 40.3 Å². The maximum Gasteiger partial charge on any atom is 0.267 e. The van der Waals surface area contributed by atoms with E-state index in [1.807, 2.05) is 0 Å². The van der Waals surface area contributed by atoms with E-state index in [1.165, 1.54) is 7.11 Å². The molecule has 1 amide bonds. The van der Waals surface area contributed by atoms with Gasteiger partial charge in [-0.25, -0.2) is 8.42 Å². The van der Waals surface area contributed by atoms with Crippen LogP contribution in [0, 0.1) is 0 Å². The van der Waals surface area contributed by atoms with Crippen LogP contribution in [0.3, 0.4) is 0 Å². The number of para-hydroxylation sites is 2. The number of carbonyl (C=O) groups excluding carboxylic acids is 1. The Morgan fingerprint density at radius 1 is 1.31 bits per heavy atom. The predicted molar refractivity (Wildman–Crippen MR) is 99.7 cm³/mol. The minimum absolute atomic E-state index is 0.134. The van der Waals surface area contributed by atoms with Crippen molar-refractivity contribution in [2.75, 3.05) is 29.5 Å². The first-order valence-electron chi connectivity index (χ1n) is 7.67. The third-order valence-electron chi connectivity index (χ3n) is 3.85. The summed E-state index contributed by atoms with van der Waals surface area (Å²) in [6.07, 6.45) is 0.0627. The van der Waals surface area contributed by atoms with E-state index < -0.39 is 22.0 Å². The molecule has 1 aliphatic rings. The van der Waals surface area contributed by atoms with Crippen molar-refractivity contribution >= 4 is 38.9 Å². The molecule has 1 aliphatic heterocycles. The van der Waals surface area contributed by atoms with Gasteiger partial charge in [0.1, 0.15) is 11.5 Å². The summed E-state index contributed by atoms with van der Waals surface area (Å²) in [5, 5.41) is 3.10. The number of rotatable bonds is 4. The first-order chi connectivity index (χ1) is 12.3. The monoisotopic (exact) mass is 396 g/mol. The lowest BCUT2D eigenvalue weighted by Gasteiger charge is -2.33. The van der Waals surface area contributed by atoms with E-state index in [0.717, 1.165) is 10.6 Å². The summed E-state index contributed by atoms with van der Waals surface area (Å²) in [7, 11) is -2.10. The number of fused-ring (bicyclic) bond motifs is 1. The number of ether oxygens (including phenoxy) is 2. The molecule has 0 bridgehead atoms. The molecule has 7 nitrogen and oxygen atoms in total. The topological polar surface area (TPSA) is 84.9 Å². The van der Waals surface area contributed by atoms with Crippen LogP contribution < -0.4 is 19.1 Å². The normalized spacial score (nSPS) is 16.4. The highest BCUT2D eigenvalue weighted by atomic mass is 35.5. The lowest BCUT2D eigenvalue weighted by molar-refractivity contribution is -0.122. The molecule has 1 unspecified atom stereocenters. The molecule has 1 heterocycles. The van der Waals surface area contributed by atoms with Gasteiger partial charge in [-0.05, 0) is 30.3 Å². The lowest BCUT2D eigenvalue weighted by atomic mass is 10.2. The average Bonchev–Trinajstić information content (AvgIpc) is 2.60. The van der Waals surface area contributed by atoms with Crippen molar-refractivity contribution in [1.82, 2.24) is 0 Å². The summed E-state index contributed by atoms with van der Waals surface area (Å²) in [6.45, 7) is -0.134. The van der Waals surface area contributed by atoms with E-state index in [4.69, 9.17) is 21.1 Å². The Hall–Kier alpha value is -2.45. The van der Waals surface area contributed by atoms with E-state index in [-0.39, 0.29) is 6.54 Å². The van der Waals surface area contributed by atoms with Gasteiger partial charge in [0.2, 0.25) is 10.0 Å².